The van der Waals surface area contributed by atoms with E-state index >= 15 is 0 Å². The maximum absolute atomic E-state index is 2.40. The summed E-state index contributed by atoms with van der Waals surface area (Å²) in [5.41, 5.74) is 8.43. The van der Waals surface area contributed by atoms with Gasteiger partial charge in [0.05, 0.1) is 0 Å². The van der Waals surface area contributed by atoms with E-state index in [0.29, 0.717) is 0 Å². The third-order valence-electron chi connectivity index (χ3n) is 4.78. The Balaban J connectivity index is 2.27. The summed E-state index contributed by atoms with van der Waals surface area (Å²) < 4.78 is 4.83. The zero-order valence-corrected chi connectivity index (χ0v) is 19.6. The number of rotatable bonds is 3. The second kappa shape index (κ2) is 7.42. The molecular weight excluding hydrogens is 497 g/mol. The fraction of sp³-hybridized carbons (Fsp3) is 0.250. The summed E-state index contributed by atoms with van der Waals surface area (Å²) in [7, 11) is 0. The van der Waals surface area contributed by atoms with Gasteiger partial charge < -0.3 is 0 Å². The Kier molecular flexibility index (Phi) is 5.44. The van der Waals surface area contributed by atoms with Crippen LogP contribution < -0.4 is 9.81 Å². The van der Waals surface area contributed by atoms with Crippen LogP contribution >= 0.6 is 0 Å². The molecule has 0 bridgehead atoms. The quantitative estimate of drug-likeness (QED) is 0.454. The molecule has 1 heteroatoms. The van der Waals surface area contributed by atoms with Crippen molar-refractivity contribution in [1.82, 2.24) is 0 Å². The summed E-state index contributed by atoms with van der Waals surface area (Å²) in [6.45, 7) is 13.4. The van der Waals surface area contributed by atoms with Gasteiger partial charge >= 0.3 is 161 Å². The Labute approximate surface area is 160 Å². The average Bonchev–Trinajstić information content (AvgIpc) is 2.52. The van der Waals surface area contributed by atoms with Gasteiger partial charge in [-0.25, -0.2) is 0 Å². The van der Waals surface area contributed by atoms with E-state index in [1.807, 2.05) is 0 Å². The Morgan fingerprint density at radius 2 is 0.720 bits per heavy atom. The predicted octanol–water partition coefficient (Wildman–Crippen LogP) is 4.05. The molecule has 0 saturated heterocycles. The van der Waals surface area contributed by atoms with E-state index in [1.165, 1.54) is 33.4 Å². The minimum absolute atomic E-state index is 1.35. The summed E-state index contributed by atoms with van der Waals surface area (Å²) in [5, 5.41) is 0. The van der Waals surface area contributed by atoms with E-state index in [2.05, 4.69) is 96.1 Å². The van der Waals surface area contributed by atoms with Crippen molar-refractivity contribution in [1.29, 1.82) is 0 Å². The van der Waals surface area contributed by atoms with Crippen molar-refractivity contribution >= 4 is 31.6 Å². The van der Waals surface area contributed by atoms with Crippen LogP contribution in [0.15, 0.2) is 54.6 Å². The second-order valence-corrected chi connectivity index (χ2v) is 15.4. The predicted molar refractivity (Wildman–Crippen MR) is 112 cm³/mol. The molecule has 3 aromatic rings. The number of benzene rings is 3. The number of hydrogen-bond acceptors (Lipinski definition) is 0. The molecule has 0 radical (unpaired) electrons. The molecule has 0 aromatic heterocycles. The first-order valence-corrected chi connectivity index (χ1v) is 14.1. The molecular formula is C24H27Bi. The van der Waals surface area contributed by atoms with Gasteiger partial charge in [-0.2, -0.15) is 0 Å². The molecule has 0 N–H and O–H groups in total. The van der Waals surface area contributed by atoms with Gasteiger partial charge in [-0.15, -0.1) is 0 Å². The summed E-state index contributed by atoms with van der Waals surface area (Å²) in [6, 6.07) is 21.1. The molecule has 0 aliphatic rings. The molecule has 0 nitrogen and oxygen atoms in total. The van der Waals surface area contributed by atoms with Crippen molar-refractivity contribution in [2.75, 3.05) is 0 Å². The van der Waals surface area contributed by atoms with Crippen LogP contribution in [0.5, 0.6) is 0 Å². The normalized spacial score (nSPS) is 11.2. The van der Waals surface area contributed by atoms with Crippen LogP contribution in [-0.2, 0) is 0 Å². The first-order valence-electron chi connectivity index (χ1n) is 8.88. The first kappa shape index (κ1) is 18.3. The van der Waals surface area contributed by atoms with Crippen LogP contribution in [0.4, 0.5) is 0 Å². The first-order chi connectivity index (χ1) is 11.9. The van der Waals surface area contributed by atoms with Crippen molar-refractivity contribution in [3.63, 3.8) is 0 Å². The van der Waals surface area contributed by atoms with E-state index in [1.54, 1.807) is 9.81 Å². The summed E-state index contributed by atoms with van der Waals surface area (Å²) in [5.74, 6) is 0. The van der Waals surface area contributed by atoms with Crippen LogP contribution in [-0.4, -0.2) is 21.8 Å². The van der Waals surface area contributed by atoms with E-state index in [-0.39, 0.29) is 0 Å². The van der Waals surface area contributed by atoms with Crippen LogP contribution in [0, 0.1) is 41.5 Å². The molecule has 0 aliphatic heterocycles. The molecule has 0 fully saturated rings. The molecule has 3 aromatic carbocycles. The Hall–Kier alpha value is -1.46. The van der Waals surface area contributed by atoms with Gasteiger partial charge in [-0.3, -0.25) is 0 Å². The molecule has 0 amide bonds. The fourth-order valence-electron chi connectivity index (χ4n) is 3.56. The van der Waals surface area contributed by atoms with Crippen molar-refractivity contribution in [3.8, 4) is 0 Å². The monoisotopic (exact) mass is 524 g/mol. The second-order valence-electron chi connectivity index (χ2n) is 7.21. The van der Waals surface area contributed by atoms with Gasteiger partial charge in [0.25, 0.3) is 0 Å². The number of aryl methyl sites for hydroxylation is 6. The molecule has 128 valence electrons. The van der Waals surface area contributed by atoms with E-state index in [4.69, 9.17) is 0 Å². The molecule has 0 atom stereocenters. The van der Waals surface area contributed by atoms with E-state index in [0.717, 1.165) is 0 Å². The summed E-state index contributed by atoms with van der Waals surface area (Å²) in [4.78, 5) is 0. The zero-order chi connectivity index (χ0) is 18.1. The Morgan fingerprint density at radius 1 is 0.440 bits per heavy atom. The molecule has 0 aliphatic carbocycles. The standard InChI is InChI=1S/3C8H9.Bi/c3*1-7-4-3-5-8(2)6-7;/h3*3-4,6H,1-2H3;. The molecule has 0 heterocycles. The third kappa shape index (κ3) is 3.88. The molecule has 3 rings (SSSR count). The van der Waals surface area contributed by atoms with Crippen molar-refractivity contribution < 1.29 is 0 Å². The Morgan fingerprint density at radius 3 is 0.960 bits per heavy atom. The van der Waals surface area contributed by atoms with Crippen LogP contribution in [0.2, 0.25) is 0 Å². The average molecular weight is 524 g/mol. The van der Waals surface area contributed by atoms with Crippen molar-refractivity contribution in [2.24, 2.45) is 0 Å². The molecule has 0 saturated carbocycles. The van der Waals surface area contributed by atoms with Gasteiger partial charge in [0.1, 0.15) is 0 Å². The topological polar surface area (TPSA) is 0 Å². The van der Waals surface area contributed by atoms with Crippen molar-refractivity contribution in [2.45, 2.75) is 41.5 Å². The van der Waals surface area contributed by atoms with Gasteiger partial charge in [0.2, 0.25) is 0 Å². The molecule has 0 spiro atoms. The van der Waals surface area contributed by atoms with Gasteiger partial charge in [0, 0.05) is 0 Å². The van der Waals surface area contributed by atoms with Crippen molar-refractivity contribution in [3.05, 3.63) is 88.0 Å². The van der Waals surface area contributed by atoms with Gasteiger partial charge in [0.15, 0.2) is 0 Å². The summed E-state index contributed by atoms with van der Waals surface area (Å²) >= 11 is -2.31. The molecule has 0 unspecified atom stereocenters. The summed E-state index contributed by atoms with van der Waals surface area (Å²) in [6.07, 6.45) is 0. The SMILES string of the molecule is Cc1cc[c]([Bi]([c]2ccc(C)cc2C)[c]2ccc(C)cc2C)c(C)c1. The molecule has 25 heavy (non-hydrogen) atoms. The van der Waals surface area contributed by atoms with Crippen LogP contribution in [0.3, 0.4) is 0 Å². The number of hydrogen-bond donors (Lipinski definition) is 0. The van der Waals surface area contributed by atoms with Crippen LogP contribution in [0.1, 0.15) is 33.4 Å². The van der Waals surface area contributed by atoms with Crippen LogP contribution in [0.25, 0.3) is 0 Å². The maximum atomic E-state index is 2.40. The minimum atomic E-state index is -2.31. The van der Waals surface area contributed by atoms with E-state index in [9.17, 15) is 0 Å². The third-order valence-corrected chi connectivity index (χ3v) is 16.3. The Bertz CT molecular complexity index is 799. The zero-order valence-electron chi connectivity index (χ0n) is 16.1. The van der Waals surface area contributed by atoms with Gasteiger partial charge in [-0.05, 0) is 0 Å². The van der Waals surface area contributed by atoms with E-state index < -0.39 is 21.8 Å². The van der Waals surface area contributed by atoms with Gasteiger partial charge in [-0.1, -0.05) is 0 Å². The fourth-order valence-corrected chi connectivity index (χ4v) is 14.1.